The van der Waals surface area contributed by atoms with Crippen LogP contribution in [0.25, 0.3) is 20.8 Å². The van der Waals surface area contributed by atoms with Crippen molar-refractivity contribution in [3.63, 3.8) is 0 Å². The average molecular weight is 455 g/mol. The van der Waals surface area contributed by atoms with Crippen molar-refractivity contribution in [1.29, 1.82) is 0 Å². The van der Waals surface area contributed by atoms with E-state index in [9.17, 15) is 18.0 Å². The van der Waals surface area contributed by atoms with Gasteiger partial charge < -0.3 is 9.64 Å². The van der Waals surface area contributed by atoms with Gasteiger partial charge in [-0.2, -0.15) is 13.2 Å². The maximum atomic E-state index is 13.0. The van der Waals surface area contributed by atoms with Crippen LogP contribution in [0.4, 0.5) is 18.0 Å². The molecule has 30 heavy (non-hydrogen) atoms. The van der Waals surface area contributed by atoms with Crippen LogP contribution in [-0.2, 0) is 23.9 Å². The largest absolute Gasteiger partial charge is 0.444 e. The van der Waals surface area contributed by atoms with E-state index >= 15 is 0 Å². The molecule has 0 radical (unpaired) electrons. The van der Waals surface area contributed by atoms with Gasteiger partial charge in [0, 0.05) is 21.9 Å². The maximum absolute atomic E-state index is 13.0. The van der Waals surface area contributed by atoms with Gasteiger partial charge in [0.1, 0.15) is 10.6 Å². The molecule has 0 saturated carbocycles. The van der Waals surface area contributed by atoms with Crippen LogP contribution in [0.1, 0.15) is 41.7 Å². The Kier molecular flexibility index (Phi) is 5.09. The number of aromatic nitrogens is 1. The second-order valence-electron chi connectivity index (χ2n) is 8.29. The summed E-state index contributed by atoms with van der Waals surface area (Å²) in [6.45, 7) is 8.51. The van der Waals surface area contributed by atoms with Crippen molar-refractivity contribution >= 4 is 39.0 Å². The van der Waals surface area contributed by atoms with E-state index in [1.165, 1.54) is 17.4 Å². The minimum atomic E-state index is -4.39. The van der Waals surface area contributed by atoms with Crippen LogP contribution >= 0.6 is 22.7 Å². The lowest BCUT2D eigenvalue weighted by atomic mass is 10.0. The highest BCUT2D eigenvalue weighted by molar-refractivity contribution is 7.22. The van der Waals surface area contributed by atoms with E-state index in [2.05, 4.69) is 4.98 Å². The Morgan fingerprint density at radius 3 is 2.60 bits per heavy atom. The van der Waals surface area contributed by atoms with Gasteiger partial charge in [0.15, 0.2) is 0 Å². The number of alkyl halides is 3. The lowest BCUT2D eigenvalue weighted by molar-refractivity contribution is -0.137. The monoisotopic (exact) mass is 454 g/mol. The molecule has 2 aromatic heterocycles. The molecular weight excluding hydrogens is 433 g/mol. The summed E-state index contributed by atoms with van der Waals surface area (Å²) in [5.41, 5.74) is 1.24. The first-order valence-electron chi connectivity index (χ1n) is 9.49. The van der Waals surface area contributed by atoms with Gasteiger partial charge in [0.2, 0.25) is 0 Å². The number of carbonyl (C=O) groups is 1. The topological polar surface area (TPSA) is 42.4 Å². The number of fused-ring (bicyclic) bond motifs is 2. The Hall–Kier alpha value is -2.13. The SMILES string of the molecule is Cc1sc2c(c1-c1nc3cc(C(F)(F)F)ccc3s1)CCN(C(=O)OC(C)(C)C)C2. The average Bonchev–Trinajstić information content (AvgIpc) is 3.17. The quantitative estimate of drug-likeness (QED) is 0.414. The normalized spacial score (nSPS) is 14.8. The summed E-state index contributed by atoms with van der Waals surface area (Å²) in [7, 11) is 0. The third kappa shape index (κ3) is 4.05. The Labute approximate surface area is 180 Å². The lowest BCUT2D eigenvalue weighted by Gasteiger charge is -2.30. The first-order valence-corrected chi connectivity index (χ1v) is 11.1. The molecule has 0 aliphatic carbocycles. The zero-order valence-corrected chi connectivity index (χ0v) is 18.6. The Bertz CT molecular complexity index is 1130. The fourth-order valence-corrected chi connectivity index (χ4v) is 5.89. The smallest absolute Gasteiger partial charge is 0.416 e. The van der Waals surface area contributed by atoms with Gasteiger partial charge in [-0.15, -0.1) is 22.7 Å². The van der Waals surface area contributed by atoms with Crippen molar-refractivity contribution in [3.8, 4) is 10.6 Å². The molecule has 0 bridgehead atoms. The molecule has 0 unspecified atom stereocenters. The molecular formula is C21H21F3N2O2S2. The molecule has 0 atom stereocenters. The van der Waals surface area contributed by atoms with Crippen molar-refractivity contribution in [2.24, 2.45) is 0 Å². The van der Waals surface area contributed by atoms with E-state index in [-0.39, 0.29) is 6.09 Å². The van der Waals surface area contributed by atoms with Gasteiger partial charge in [-0.1, -0.05) is 0 Å². The first kappa shape index (κ1) is 21.1. The second-order valence-corrected chi connectivity index (χ2v) is 10.6. The molecule has 9 heteroatoms. The minimum Gasteiger partial charge on any atom is -0.444 e. The molecule has 1 aliphatic heterocycles. The van der Waals surface area contributed by atoms with Gasteiger partial charge >= 0.3 is 12.3 Å². The number of nitrogens with zero attached hydrogens (tertiary/aromatic N) is 2. The number of carbonyl (C=O) groups excluding carboxylic acids is 1. The minimum absolute atomic E-state index is 0.333. The van der Waals surface area contributed by atoms with Crippen molar-refractivity contribution in [2.75, 3.05) is 6.54 Å². The summed E-state index contributed by atoms with van der Waals surface area (Å²) in [4.78, 5) is 20.8. The van der Waals surface area contributed by atoms with Gasteiger partial charge in [-0.3, -0.25) is 0 Å². The number of aryl methyl sites for hydroxylation is 1. The van der Waals surface area contributed by atoms with E-state index in [0.717, 1.165) is 42.7 Å². The second kappa shape index (κ2) is 7.23. The molecule has 3 heterocycles. The summed E-state index contributed by atoms with van der Waals surface area (Å²) in [6.07, 6.45) is -4.06. The molecule has 3 aromatic rings. The van der Waals surface area contributed by atoms with Crippen LogP contribution in [0.3, 0.4) is 0 Å². The zero-order chi connectivity index (χ0) is 21.8. The number of rotatable bonds is 1. The van der Waals surface area contributed by atoms with Crippen molar-refractivity contribution < 1.29 is 22.7 Å². The number of benzene rings is 1. The zero-order valence-electron chi connectivity index (χ0n) is 17.0. The molecule has 4 rings (SSSR count). The van der Waals surface area contributed by atoms with Crippen molar-refractivity contribution in [2.45, 2.75) is 52.4 Å². The molecule has 160 valence electrons. The van der Waals surface area contributed by atoms with Crippen LogP contribution in [0.5, 0.6) is 0 Å². The fraction of sp³-hybridized carbons (Fsp3) is 0.429. The summed E-state index contributed by atoms with van der Waals surface area (Å²) >= 11 is 3.00. The number of ether oxygens (including phenoxy) is 1. The molecule has 0 N–H and O–H groups in total. The molecule has 1 aromatic carbocycles. The highest BCUT2D eigenvalue weighted by Crippen LogP contribution is 2.43. The van der Waals surface area contributed by atoms with Crippen LogP contribution in [0.15, 0.2) is 18.2 Å². The predicted octanol–water partition coefficient (Wildman–Crippen LogP) is 6.65. The fourth-order valence-electron chi connectivity index (χ4n) is 3.51. The number of hydrogen-bond acceptors (Lipinski definition) is 5. The van der Waals surface area contributed by atoms with Gasteiger partial charge in [0.05, 0.1) is 22.3 Å². The Morgan fingerprint density at radius 2 is 1.93 bits per heavy atom. The van der Waals surface area contributed by atoms with Gasteiger partial charge in [0.25, 0.3) is 0 Å². The Morgan fingerprint density at radius 1 is 1.20 bits per heavy atom. The van der Waals surface area contributed by atoms with Crippen molar-refractivity contribution in [3.05, 3.63) is 39.1 Å². The van der Waals surface area contributed by atoms with E-state index in [1.54, 1.807) is 16.2 Å². The van der Waals surface area contributed by atoms with Gasteiger partial charge in [-0.05, 0) is 57.9 Å². The summed E-state index contributed by atoms with van der Waals surface area (Å²) in [6, 6.07) is 3.68. The Balaban J connectivity index is 1.66. The van der Waals surface area contributed by atoms with Gasteiger partial charge in [-0.25, -0.2) is 9.78 Å². The summed E-state index contributed by atoms with van der Waals surface area (Å²) < 4.78 is 45.3. The number of halogens is 3. The summed E-state index contributed by atoms with van der Waals surface area (Å²) in [5.74, 6) is 0. The molecule has 1 amide bonds. The molecule has 0 saturated heterocycles. The molecule has 0 fully saturated rings. The van der Waals surface area contributed by atoms with Crippen LogP contribution in [0.2, 0.25) is 0 Å². The predicted molar refractivity (Wildman–Crippen MR) is 113 cm³/mol. The number of amides is 1. The van der Waals surface area contributed by atoms with Crippen LogP contribution in [0, 0.1) is 6.92 Å². The number of hydrogen-bond donors (Lipinski definition) is 0. The standard InChI is InChI=1S/C21H21F3N2O2S2/c1-11-17(18-25-14-9-12(21(22,23)24)5-6-15(14)30-18)13-7-8-26(10-16(13)29-11)19(27)28-20(2,3)4/h5-6,9H,7-8,10H2,1-4H3. The third-order valence-electron chi connectivity index (χ3n) is 4.81. The first-order chi connectivity index (χ1) is 13.9. The van der Waals surface area contributed by atoms with E-state index < -0.39 is 17.3 Å². The van der Waals surface area contributed by atoms with Crippen LogP contribution < -0.4 is 0 Å². The maximum Gasteiger partial charge on any atom is 0.416 e. The van der Waals surface area contributed by atoms with E-state index in [4.69, 9.17) is 4.74 Å². The molecule has 4 nitrogen and oxygen atoms in total. The van der Waals surface area contributed by atoms with E-state index in [0.29, 0.717) is 25.0 Å². The van der Waals surface area contributed by atoms with Crippen molar-refractivity contribution in [1.82, 2.24) is 9.88 Å². The highest BCUT2D eigenvalue weighted by Gasteiger charge is 2.32. The van der Waals surface area contributed by atoms with E-state index in [1.807, 2.05) is 27.7 Å². The number of thiazole rings is 1. The molecule has 0 spiro atoms. The summed E-state index contributed by atoms with van der Waals surface area (Å²) in [5, 5.41) is 0.727. The third-order valence-corrected chi connectivity index (χ3v) is 7.00. The molecule has 1 aliphatic rings. The number of thiophene rings is 1. The van der Waals surface area contributed by atoms with Crippen LogP contribution in [-0.4, -0.2) is 28.1 Å². The highest BCUT2D eigenvalue weighted by atomic mass is 32.1. The lowest BCUT2D eigenvalue weighted by Crippen LogP contribution is -2.39.